The Labute approximate surface area is 127 Å². The number of nitrogens with one attached hydrogen (secondary N) is 1. The van der Waals surface area contributed by atoms with Crippen LogP contribution in [0.15, 0.2) is 24.4 Å². The van der Waals surface area contributed by atoms with Gasteiger partial charge in [0.1, 0.15) is 0 Å². The van der Waals surface area contributed by atoms with E-state index < -0.39 is 5.97 Å². The first-order chi connectivity index (χ1) is 10.1. The Morgan fingerprint density at radius 2 is 2.33 bits per heavy atom. The van der Waals surface area contributed by atoms with Gasteiger partial charge in [0.05, 0.1) is 22.8 Å². The first-order valence-corrected chi connectivity index (χ1v) is 7.24. The molecule has 0 amide bonds. The van der Waals surface area contributed by atoms with Crippen molar-refractivity contribution in [3.05, 3.63) is 46.2 Å². The van der Waals surface area contributed by atoms with Crippen LogP contribution in [0.5, 0.6) is 0 Å². The van der Waals surface area contributed by atoms with E-state index in [1.807, 2.05) is 17.9 Å². The zero-order valence-corrected chi connectivity index (χ0v) is 12.4. The molecule has 1 unspecified atom stereocenters. The number of carboxylic acid groups (broad SMARTS) is 1. The van der Waals surface area contributed by atoms with Gasteiger partial charge in [0.25, 0.3) is 0 Å². The standard InChI is InChI=1S/C15H16ClN3O2/c1-19-14-4-2-3-13(11(14)8-17-19)18-9-5-6-12(16)10(7-9)15(20)21/h5-8,13,18H,2-4H2,1H3,(H,20,21). The molecule has 6 heteroatoms. The maximum absolute atomic E-state index is 11.1. The molecule has 0 saturated heterocycles. The van der Waals surface area contributed by atoms with E-state index in [0.717, 1.165) is 24.9 Å². The average Bonchev–Trinajstić information content (AvgIpc) is 2.84. The highest BCUT2D eigenvalue weighted by molar-refractivity contribution is 6.33. The molecule has 5 nitrogen and oxygen atoms in total. The quantitative estimate of drug-likeness (QED) is 0.913. The number of benzene rings is 1. The third kappa shape index (κ3) is 2.61. The Morgan fingerprint density at radius 1 is 1.52 bits per heavy atom. The topological polar surface area (TPSA) is 67.2 Å². The summed E-state index contributed by atoms with van der Waals surface area (Å²) in [6, 6.07) is 5.15. The number of nitrogens with zero attached hydrogens (tertiary/aromatic N) is 2. The fourth-order valence-electron chi connectivity index (χ4n) is 2.84. The highest BCUT2D eigenvalue weighted by Gasteiger charge is 2.23. The first kappa shape index (κ1) is 13.9. The molecule has 3 rings (SSSR count). The molecule has 1 aromatic heterocycles. The normalized spacial score (nSPS) is 17.3. The monoisotopic (exact) mass is 305 g/mol. The molecular weight excluding hydrogens is 290 g/mol. The number of carbonyl (C=O) groups is 1. The van der Waals surface area contributed by atoms with E-state index in [0.29, 0.717) is 0 Å². The number of hydrogen-bond acceptors (Lipinski definition) is 3. The lowest BCUT2D eigenvalue weighted by molar-refractivity contribution is 0.0697. The van der Waals surface area contributed by atoms with Crippen LogP contribution in [0.4, 0.5) is 5.69 Å². The molecule has 0 aliphatic heterocycles. The van der Waals surface area contributed by atoms with Gasteiger partial charge in [-0.15, -0.1) is 0 Å². The van der Waals surface area contributed by atoms with Gasteiger partial charge in [0.2, 0.25) is 0 Å². The van der Waals surface area contributed by atoms with E-state index in [2.05, 4.69) is 10.4 Å². The van der Waals surface area contributed by atoms with Gasteiger partial charge in [0, 0.05) is 24.0 Å². The molecule has 1 atom stereocenters. The van der Waals surface area contributed by atoms with Crippen molar-refractivity contribution in [2.24, 2.45) is 7.05 Å². The molecule has 2 N–H and O–H groups in total. The summed E-state index contributed by atoms with van der Waals surface area (Å²) >= 11 is 5.90. The van der Waals surface area contributed by atoms with E-state index in [1.165, 1.54) is 11.3 Å². The number of halogens is 1. The Kier molecular flexibility index (Phi) is 3.59. The van der Waals surface area contributed by atoms with Gasteiger partial charge >= 0.3 is 5.97 Å². The minimum atomic E-state index is -1.02. The predicted octanol–water partition coefficient (Wildman–Crippen LogP) is 3.26. The zero-order chi connectivity index (χ0) is 15.0. The van der Waals surface area contributed by atoms with Gasteiger partial charge in [-0.05, 0) is 37.5 Å². The van der Waals surface area contributed by atoms with Crippen molar-refractivity contribution in [2.75, 3.05) is 5.32 Å². The Hall–Kier alpha value is -2.01. The fraction of sp³-hybridized carbons (Fsp3) is 0.333. The summed E-state index contributed by atoms with van der Waals surface area (Å²) in [6.07, 6.45) is 5.01. The van der Waals surface area contributed by atoms with Crippen molar-refractivity contribution in [2.45, 2.75) is 25.3 Å². The van der Waals surface area contributed by atoms with Crippen molar-refractivity contribution < 1.29 is 9.90 Å². The highest BCUT2D eigenvalue weighted by atomic mass is 35.5. The van der Waals surface area contributed by atoms with Crippen LogP contribution in [0.2, 0.25) is 5.02 Å². The first-order valence-electron chi connectivity index (χ1n) is 6.86. The van der Waals surface area contributed by atoms with Gasteiger partial charge in [-0.2, -0.15) is 5.10 Å². The molecule has 110 valence electrons. The van der Waals surface area contributed by atoms with Crippen LogP contribution >= 0.6 is 11.6 Å². The highest BCUT2D eigenvalue weighted by Crippen LogP contribution is 2.33. The zero-order valence-electron chi connectivity index (χ0n) is 11.6. The van der Waals surface area contributed by atoms with Gasteiger partial charge in [-0.25, -0.2) is 4.79 Å². The average molecular weight is 306 g/mol. The molecular formula is C15H16ClN3O2. The molecule has 1 aliphatic rings. The van der Waals surface area contributed by atoms with Crippen LogP contribution in [0.3, 0.4) is 0 Å². The molecule has 2 aromatic rings. The third-order valence-corrected chi connectivity index (χ3v) is 4.24. The van der Waals surface area contributed by atoms with Crippen molar-refractivity contribution in [3.8, 4) is 0 Å². The largest absolute Gasteiger partial charge is 0.478 e. The van der Waals surface area contributed by atoms with E-state index in [1.54, 1.807) is 18.2 Å². The smallest absolute Gasteiger partial charge is 0.337 e. The molecule has 0 spiro atoms. The summed E-state index contributed by atoms with van der Waals surface area (Å²) in [5.41, 5.74) is 3.31. The number of rotatable bonds is 3. The SMILES string of the molecule is Cn1ncc2c1CCCC2Nc1ccc(Cl)c(C(=O)O)c1. The Balaban J connectivity index is 1.88. The second-order valence-corrected chi connectivity index (χ2v) is 5.67. The molecule has 0 bridgehead atoms. The van der Waals surface area contributed by atoms with Crippen LogP contribution < -0.4 is 5.32 Å². The van der Waals surface area contributed by atoms with Gasteiger partial charge in [-0.1, -0.05) is 11.6 Å². The maximum atomic E-state index is 11.1. The molecule has 0 radical (unpaired) electrons. The number of aromatic nitrogens is 2. The predicted molar refractivity (Wildman–Crippen MR) is 80.9 cm³/mol. The van der Waals surface area contributed by atoms with Crippen molar-refractivity contribution in [1.29, 1.82) is 0 Å². The maximum Gasteiger partial charge on any atom is 0.337 e. The number of hydrogen-bond donors (Lipinski definition) is 2. The lowest BCUT2D eigenvalue weighted by Gasteiger charge is -2.25. The molecule has 21 heavy (non-hydrogen) atoms. The minimum Gasteiger partial charge on any atom is -0.478 e. The summed E-state index contributed by atoms with van der Waals surface area (Å²) in [4.78, 5) is 11.1. The number of anilines is 1. The summed E-state index contributed by atoms with van der Waals surface area (Å²) in [5, 5.41) is 17.1. The van der Waals surface area contributed by atoms with E-state index in [9.17, 15) is 4.79 Å². The van der Waals surface area contributed by atoms with Crippen molar-refractivity contribution in [3.63, 3.8) is 0 Å². The summed E-state index contributed by atoms with van der Waals surface area (Å²) in [5.74, 6) is -1.02. The van der Waals surface area contributed by atoms with Crippen molar-refractivity contribution in [1.82, 2.24) is 9.78 Å². The van der Waals surface area contributed by atoms with E-state index in [4.69, 9.17) is 16.7 Å². The van der Waals surface area contributed by atoms with Crippen LogP contribution in [0, 0.1) is 0 Å². The third-order valence-electron chi connectivity index (χ3n) is 3.91. The van der Waals surface area contributed by atoms with E-state index >= 15 is 0 Å². The number of aryl methyl sites for hydroxylation is 1. The van der Waals surface area contributed by atoms with Crippen LogP contribution in [0.1, 0.15) is 40.5 Å². The lowest BCUT2D eigenvalue weighted by Crippen LogP contribution is -2.18. The van der Waals surface area contributed by atoms with Crippen LogP contribution in [-0.4, -0.2) is 20.9 Å². The van der Waals surface area contributed by atoms with E-state index in [-0.39, 0.29) is 16.6 Å². The Bertz CT molecular complexity index is 696. The molecule has 0 fully saturated rings. The second-order valence-electron chi connectivity index (χ2n) is 5.26. The molecule has 1 aliphatic carbocycles. The summed E-state index contributed by atoms with van der Waals surface area (Å²) in [7, 11) is 1.95. The van der Waals surface area contributed by atoms with Gasteiger partial charge < -0.3 is 10.4 Å². The second kappa shape index (κ2) is 5.41. The number of carboxylic acids is 1. The minimum absolute atomic E-state index is 0.115. The molecule has 0 saturated carbocycles. The number of aromatic carboxylic acids is 1. The van der Waals surface area contributed by atoms with Gasteiger partial charge in [0.15, 0.2) is 0 Å². The lowest BCUT2D eigenvalue weighted by atomic mass is 9.92. The Morgan fingerprint density at radius 3 is 3.10 bits per heavy atom. The summed E-state index contributed by atoms with van der Waals surface area (Å²) < 4.78 is 1.91. The number of fused-ring (bicyclic) bond motifs is 1. The van der Waals surface area contributed by atoms with Crippen LogP contribution in [-0.2, 0) is 13.5 Å². The van der Waals surface area contributed by atoms with Gasteiger partial charge in [-0.3, -0.25) is 4.68 Å². The molecule has 1 aromatic carbocycles. The van der Waals surface area contributed by atoms with Crippen molar-refractivity contribution >= 4 is 23.3 Å². The fourth-order valence-corrected chi connectivity index (χ4v) is 3.03. The summed E-state index contributed by atoms with van der Waals surface area (Å²) in [6.45, 7) is 0. The van der Waals surface area contributed by atoms with Crippen LogP contribution in [0.25, 0.3) is 0 Å². The molecule has 1 heterocycles.